The number of hydrogen-bond acceptors (Lipinski definition) is 5. The van der Waals surface area contributed by atoms with E-state index in [0.29, 0.717) is 17.3 Å². The van der Waals surface area contributed by atoms with Gasteiger partial charge in [-0.2, -0.15) is 0 Å². The van der Waals surface area contributed by atoms with Gasteiger partial charge in [0.2, 0.25) is 5.91 Å². The normalized spacial score (nSPS) is 31.2. The fraction of sp³-hybridized carbons (Fsp3) is 0.556. The summed E-state index contributed by atoms with van der Waals surface area (Å²) in [5, 5.41) is 18.3. The van der Waals surface area contributed by atoms with E-state index in [1.54, 1.807) is 0 Å². The van der Waals surface area contributed by atoms with Crippen molar-refractivity contribution in [2.24, 2.45) is 29.1 Å². The van der Waals surface area contributed by atoms with Crippen LogP contribution in [0.3, 0.4) is 0 Å². The predicted octanol–water partition coefficient (Wildman–Crippen LogP) is 4.00. The number of rotatable bonds is 6. The maximum absolute atomic E-state index is 13.0. The molecule has 1 heterocycles. The first-order valence-corrected chi connectivity index (χ1v) is 12.8. The van der Waals surface area contributed by atoms with Crippen LogP contribution in [-0.4, -0.2) is 39.0 Å². The van der Waals surface area contributed by atoms with Crippen molar-refractivity contribution >= 4 is 23.4 Å². The van der Waals surface area contributed by atoms with Gasteiger partial charge in [0, 0.05) is 35.9 Å². The summed E-state index contributed by atoms with van der Waals surface area (Å²) in [6.45, 7) is 6.62. The van der Waals surface area contributed by atoms with Gasteiger partial charge in [-0.25, -0.2) is 4.98 Å². The van der Waals surface area contributed by atoms with Crippen molar-refractivity contribution in [3.63, 3.8) is 0 Å². The van der Waals surface area contributed by atoms with E-state index < -0.39 is 6.10 Å². The second-order valence-electron chi connectivity index (χ2n) is 10.5. The molecule has 0 spiro atoms. The summed E-state index contributed by atoms with van der Waals surface area (Å²) in [4.78, 5) is 33.8. The lowest BCUT2D eigenvalue weighted by Crippen LogP contribution is -2.58. The number of aliphatic hydroxyl groups is 1. The average Bonchev–Trinajstić information content (AvgIpc) is 2.85. The van der Waals surface area contributed by atoms with E-state index in [1.165, 1.54) is 18.6 Å². The molecule has 0 saturated heterocycles. The second-order valence-corrected chi connectivity index (χ2v) is 10.9. The van der Waals surface area contributed by atoms with E-state index in [1.807, 2.05) is 31.2 Å². The number of fused-ring (bicyclic) bond motifs is 1. The number of nitrogens with zero attached hydrogens (tertiary/aromatic N) is 2. The lowest BCUT2D eigenvalue weighted by atomic mass is 9.51. The molecule has 188 valence electrons. The van der Waals surface area contributed by atoms with Gasteiger partial charge in [0.25, 0.3) is 5.91 Å². The molecule has 7 atom stereocenters. The smallest absolute Gasteiger partial charge is 0.271 e. The average molecular weight is 499 g/mol. The zero-order chi connectivity index (χ0) is 25.2. The number of aliphatic hydroxyl groups excluding tert-OH is 1. The molecule has 2 aliphatic carbocycles. The Morgan fingerprint density at radius 1 is 1.23 bits per heavy atom. The summed E-state index contributed by atoms with van der Waals surface area (Å²) in [6.07, 6.45) is 7.41. The molecule has 1 aromatic heterocycles. The van der Waals surface area contributed by atoms with Gasteiger partial charge < -0.3 is 15.7 Å². The maximum atomic E-state index is 13.0. The van der Waals surface area contributed by atoms with E-state index >= 15 is 0 Å². The molecule has 0 aliphatic heterocycles. The largest absolute Gasteiger partial charge is 0.392 e. The van der Waals surface area contributed by atoms with Crippen molar-refractivity contribution in [2.75, 3.05) is 0 Å². The van der Waals surface area contributed by atoms with Crippen molar-refractivity contribution in [3.05, 3.63) is 59.1 Å². The van der Waals surface area contributed by atoms with Crippen LogP contribution in [-0.2, 0) is 11.3 Å². The Labute approximate surface area is 212 Å². The molecule has 1 aromatic carbocycles. The van der Waals surface area contributed by atoms with Crippen LogP contribution in [0.2, 0.25) is 5.02 Å². The maximum Gasteiger partial charge on any atom is 0.271 e. The quantitative estimate of drug-likeness (QED) is 0.558. The summed E-state index contributed by atoms with van der Waals surface area (Å²) < 4.78 is 0. The Hall–Kier alpha value is -2.51. The Bertz CT molecular complexity index is 1050. The summed E-state index contributed by atoms with van der Waals surface area (Å²) in [5.74, 6) is -0.747. The van der Waals surface area contributed by atoms with Crippen LogP contribution in [0.15, 0.2) is 42.9 Å². The van der Waals surface area contributed by atoms with Crippen LogP contribution in [0.25, 0.3) is 0 Å². The molecular weight excluding hydrogens is 464 g/mol. The molecule has 2 aromatic rings. The van der Waals surface area contributed by atoms with Crippen LogP contribution < -0.4 is 10.6 Å². The second kappa shape index (κ2) is 10.6. The third-order valence-corrected chi connectivity index (χ3v) is 8.84. The van der Waals surface area contributed by atoms with Gasteiger partial charge in [-0.1, -0.05) is 50.6 Å². The highest BCUT2D eigenvalue weighted by Crippen LogP contribution is 2.55. The molecule has 35 heavy (non-hydrogen) atoms. The zero-order valence-corrected chi connectivity index (χ0v) is 21.3. The van der Waals surface area contributed by atoms with Gasteiger partial charge in [-0.15, -0.1) is 0 Å². The van der Waals surface area contributed by atoms with E-state index in [9.17, 15) is 14.7 Å². The number of amides is 2. The molecule has 2 aliphatic rings. The summed E-state index contributed by atoms with van der Waals surface area (Å²) in [5.41, 5.74) is 1.14. The highest BCUT2D eigenvalue weighted by Gasteiger charge is 2.53. The number of hydrogen-bond donors (Lipinski definition) is 3. The summed E-state index contributed by atoms with van der Waals surface area (Å²) in [6, 6.07) is 7.39. The minimum Gasteiger partial charge on any atom is -0.392 e. The Balaban J connectivity index is 1.43. The van der Waals surface area contributed by atoms with E-state index in [2.05, 4.69) is 34.4 Å². The summed E-state index contributed by atoms with van der Waals surface area (Å²) >= 11 is 6.23. The molecule has 8 heteroatoms. The van der Waals surface area contributed by atoms with Crippen molar-refractivity contribution < 1.29 is 14.7 Å². The topological polar surface area (TPSA) is 104 Å². The van der Waals surface area contributed by atoms with Crippen molar-refractivity contribution in [2.45, 2.75) is 65.1 Å². The van der Waals surface area contributed by atoms with Gasteiger partial charge in [-0.05, 0) is 60.5 Å². The zero-order valence-electron chi connectivity index (χ0n) is 20.6. The fourth-order valence-corrected chi connectivity index (χ4v) is 6.54. The minimum absolute atomic E-state index is 0.0130. The van der Waals surface area contributed by atoms with Crippen LogP contribution in [0.4, 0.5) is 0 Å². The SMILES string of the molecule is C[C@@H]1[C@@H]2[C@@H](O)[C@H]([C@H](C)C(=O)NCc3ccccc3Cl)CC[C@]2(C)CC[C@@H]1NC(=O)c1cnccn1. The highest BCUT2D eigenvalue weighted by atomic mass is 35.5. The van der Waals surface area contributed by atoms with Gasteiger partial charge >= 0.3 is 0 Å². The van der Waals surface area contributed by atoms with Gasteiger partial charge in [0.15, 0.2) is 0 Å². The standard InChI is InChI=1S/C27H35ClN4O3/c1-16(25(34)31-14-18-6-4-5-7-20(18)28)19-8-10-27(3)11-9-21(17(2)23(27)24(19)33)32-26(35)22-15-29-12-13-30-22/h4-7,12-13,15-17,19,21,23-24,33H,8-11,14H2,1-3H3,(H,31,34)(H,32,35)/t16-,17-,19-,21-,23+,24-,27+/m0/s1. The third-order valence-electron chi connectivity index (χ3n) is 8.47. The molecule has 3 N–H and O–H groups in total. The number of carbonyl (C=O) groups excluding carboxylic acids is 2. The van der Waals surface area contributed by atoms with Crippen LogP contribution >= 0.6 is 11.6 Å². The minimum atomic E-state index is -0.624. The van der Waals surface area contributed by atoms with Gasteiger partial charge in [-0.3, -0.25) is 14.6 Å². The number of carbonyl (C=O) groups is 2. The monoisotopic (exact) mass is 498 g/mol. The van der Waals surface area contributed by atoms with E-state index in [4.69, 9.17) is 11.6 Å². The Morgan fingerprint density at radius 2 is 1.97 bits per heavy atom. The lowest BCUT2D eigenvalue weighted by Gasteiger charge is -2.56. The number of benzene rings is 1. The molecule has 0 unspecified atom stereocenters. The molecular formula is C27H35ClN4O3. The Morgan fingerprint density at radius 3 is 2.69 bits per heavy atom. The summed E-state index contributed by atoms with van der Waals surface area (Å²) in [7, 11) is 0. The molecule has 7 nitrogen and oxygen atoms in total. The molecule has 2 amide bonds. The van der Waals surface area contributed by atoms with Gasteiger partial charge in [0.05, 0.1) is 12.3 Å². The number of halogens is 1. The highest BCUT2D eigenvalue weighted by molar-refractivity contribution is 6.31. The number of aromatic nitrogens is 2. The van der Waals surface area contributed by atoms with Crippen LogP contribution in [0.1, 0.15) is 62.5 Å². The molecule has 2 saturated carbocycles. The lowest BCUT2D eigenvalue weighted by molar-refractivity contribution is -0.142. The first-order valence-electron chi connectivity index (χ1n) is 12.5. The number of nitrogens with one attached hydrogen (secondary N) is 2. The van der Waals surface area contributed by atoms with Crippen LogP contribution in [0, 0.1) is 29.1 Å². The van der Waals surface area contributed by atoms with Gasteiger partial charge in [0.1, 0.15) is 5.69 Å². The third kappa shape index (κ3) is 5.36. The van der Waals surface area contributed by atoms with Crippen molar-refractivity contribution in [1.82, 2.24) is 20.6 Å². The molecule has 4 rings (SSSR count). The van der Waals surface area contributed by atoms with Crippen LogP contribution in [0.5, 0.6) is 0 Å². The van der Waals surface area contributed by atoms with Crippen molar-refractivity contribution in [3.8, 4) is 0 Å². The van der Waals surface area contributed by atoms with Crippen molar-refractivity contribution in [1.29, 1.82) is 0 Å². The Kier molecular flexibility index (Phi) is 7.77. The molecule has 0 bridgehead atoms. The molecule has 0 radical (unpaired) electrons. The fourth-order valence-electron chi connectivity index (χ4n) is 6.34. The first kappa shape index (κ1) is 25.6. The van der Waals surface area contributed by atoms with E-state index in [-0.39, 0.29) is 46.9 Å². The van der Waals surface area contributed by atoms with E-state index in [0.717, 1.165) is 31.2 Å². The molecule has 2 fully saturated rings. The predicted molar refractivity (Wildman–Crippen MR) is 134 cm³/mol. The first-order chi connectivity index (χ1) is 16.7.